The summed E-state index contributed by atoms with van der Waals surface area (Å²) >= 11 is 0. The molecule has 0 unspecified atom stereocenters. The van der Waals surface area contributed by atoms with E-state index in [9.17, 15) is 20.1 Å². The molecule has 3 N–H and O–H groups in total. The number of aryl methyl sites for hydroxylation is 1. The minimum Gasteiger partial charge on any atom is -0.508 e. The van der Waals surface area contributed by atoms with Gasteiger partial charge in [0.25, 0.3) is 0 Å². The first-order valence-electron chi connectivity index (χ1n) is 8.11. The third kappa shape index (κ3) is 2.54. The van der Waals surface area contributed by atoms with E-state index in [1.54, 1.807) is 30.3 Å². The summed E-state index contributed by atoms with van der Waals surface area (Å²) in [5.41, 5.74) is 3.22. The van der Waals surface area contributed by atoms with Crippen LogP contribution in [0.3, 0.4) is 0 Å². The molecule has 0 spiro atoms. The Morgan fingerprint density at radius 3 is 1.92 bits per heavy atom. The molecule has 0 saturated carbocycles. The van der Waals surface area contributed by atoms with Gasteiger partial charge in [-0.15, -0.1) is 0 Å². The van der Waals surface area contributed by atoms with Crippen molar-refractivity contribution in [2.75, 3.05) is 0 Å². The average molecular weight is 348 g/mol. The molecule has 0 fully saturated rings. The number of rotatable bonds is 2. The zero-order valence-corrected chi connectivity index (χ0v) is 13.9. The van der Waals surface area contributed by atoms with Gasteiger partial charge in [-0.25, -0.2) is 4.79 Å². The van der Waals surface area contributed by atoms with E-state index in [-0.39, 0.29) is 23.0 Å². The van der Waals surface area contributed by atoms with Crippen molar-refractivity contribution in [2.24, 2.45) is 0 Å². The zero-order chi connectivity index (χ0) is 18.4. The lowest BCUT2D eigenvalue weighted by molar-refractivity contribution is 0.0695. The second kappa shape index (κ2) is 5.81. The van der Waals surface area contributed by atoms with E-state index in [2.05, 4.69) is 0 Å². The number of ether oxygens (including phenoxy) is 1. The molecule has 26 heavy (non-hydrogen) atoms. The number of hydrogen-bond acceptors (Lipinski definition) is 4. The average Bonchev–Trinajstić information content (AvgIpc) is 2.59. The Kier molecular flexibility index (Phi) is 3.58. The largest absolute Gasteiger partial charge is 0.508 e. The maximum atomic E-state index is 11.8. The minimum absolute atomic E-state index is 0.0495. The van der Waals surface area contributed by atoms with E-state index in [1.165, 1.54) is 12.1 Å². The normalized spacial score (nSPS) is 12.8. The van der Waals surface area contributed by atoms with Crippen LogP contribution in [0.2, 0.25) is 0 Å². The number of carbonyl (C=O) groups is 1. The predicted octanol–water partition coefficient (Wildman–Crippen LogP) is 4.39. The molecule has 4 rings (SSSR count). The quantitative estimate of drug-likeness (QED) is 0.500. The van der Waals surface area contributed by atoms with E-state index in [0.717, 1.165) is 16.7 Å². The molecule has 3 aromatic rings. The van der Waals surface area contributed by atoms with E-state index in [1.807, 2.05) is 19.1 Å². The summed E-state index contributed by atoms with van der Waals surface area (Å²) in [6.07, 6.45) is 0. The number of phenols is 2. The Bertz CT molecular complexity index is 987. The lowest BCUT2D eigenvalue weighted by Gasteiger charge is -2.29. The van der Waals surface area contributed by atoms with Gasteiger partial charge in [-0.2, -0.15) is 0 Å². The summed E-state index contributed by atoms with van der Waals surface area (Å²) in [4.78, 5) is 11.8. The minimum atomic E-state index is -1.00. The van der Waals surface area contributed by atoms with Crippen LogP contribution in [0.25, 0.3) is 0 Å². The van der Waals surface area contributed by atoms with Gasteiger partial charge >= 0.3 is 5.97 Å². The SMILES string of the molecule is Cc1ccc(C2c3ccc(O)cc3Oc3cc(O)ccc32)c(C(=O)O)c1. The summed E-state index contributed by atoms with van der Waals surface area (Å²) in [6.45, 7) is 1.85. The number of hydrogen-bond donors (Lipinski definition) is 3. The molecule has 0 amide bonds. The van der Waals surface area contributed by atoms with Crippen LogP contribution in [0.15, 0.2) is 54.6 Å². The Balaban J connectivity index is 2.02. The number of phenolic OH excluding ortho intramolecular Hbond substituents is 2. The van der Waals surface area contributed by atoms with Crippen LogP contribution in [0, 0.1) is 6.92 Å². The van der Waals surface area contributed by atoms with Gasteiger partial charge in [-0.3, -0.25) is 0 Å². The monoisotopic (exact) mass is 348 g/mol. The molecular weight excluding hydrogens is 332 g/mol. The van der Waals surface area contributed by atoms with Gasteiger partial charge in [0.05, 0.1) is 5.56 Å². The first-order valence-corrected chi connectivity index (χ1v) is 8.11. The van der Waals surface area contributed by atoms with Crippen LogP contribution >= 0.6 is 0 Å². The molecule has 5 heteroatoms. The van der Waals surface area contributed by atoms with Gasteiger partial charge in [-0.1, -0.05) is 29.8 Å². The molecule has 0 aliphatic carbocycles. The standard InChI is InChI=1S/C21H16O5/c1-11-2-5-14(17(8-11)21(24)25)20-15-6-3-12(22)9-18(15)26-19-10-13(23)4-7-16(19)20/h2-10,20,22-23H,1H3,(H,24,25). The summed E-state index contributed by atoms with van der Waals surface area (Å²) < 4.78 is 5.85. The number of aromatic hydroxyl groups is 2. The number of carboxylic acid groups (broad SMARTS) is 1. The van der Waals surface area contributed by atoms with Gasteiger partial charge in [0.2, 0.25) is 0 Å². The van der Waals surface area contributed by atoms with Crippen molar-refractivity contribution in [3.8, 4) is 23.0 Å². The molecule has 0 radical (unpaired) electrons. The summed E-state index contributed by atoms with van der Waals surface area (Å²) in [7, 11) is 0. The third-order valence-corrected chi connectivity index (χ3v) is 4.59. The molecule has 0 aromatic heterocycles. The fraction of sp³-hybridized carbons (Fsp3) is 0.0952. The summed E-state index contributed by atoms with van der Waals surface area (Å²) in [5, 5.41) is 29.3. The van der Waals surface area contributed by atoms with Crippen LogP contribution in [-0.2, 0) is 0 Å². The van der Waals surface area contributed by atoms with E-state index >= 15 is 0 Å². The van der Waals surface area contributed by atoms with Gasteiger partial charge in [0.1, 0.15) is 23.0 Å². The molecule has 130 valence electrons. The Morgan fingerprint density at radius 1 is 0.846 bits per heavy atom. The van der Waals surface area contributed by atoms with Crippen molar-refractivity contribution in [1.29, 1.82) is 0 Å². The van der Waals surface area contributed by atoms with Crippen molar-refractivity contribution < 1.29 is 24.9 Å². The molecule has 1 aliphatic rings. The number of carboxylic acids is 1. The van der Waals surface area contributed by atoms with Gasteiger partial charge in [0.15, 0.2) is 0 Å². The second-order valence-electron chi connectivity index (χ2n) is 6.38. The third-order valence-electron chi connectivity index (χ3n) is 4.59. The van der Waals surface area contributed by atoms with Crippen molar-refractivity contribution in [1.82, 2.24) is 0 Å². The lowest BCUT2D eigenvalue weighted by Crippen LogP contribution is -2.15. The predicted molar refractivity (Wildman–Crippen MR) is 95.4 cm³/mol. The maximum absolute atomic E-state index is 11.8. The zero-order valence-electron chi connectivity index (χ0n) is 13.9. The van der Waals surface area contributed by atoms with Crippen molar-refractivity contribution in [3.05, 3.63) is 82.4 Å². The molecule has 1 aliphatic heterocycles. The van der Waals surface area contributed by atoms with Gasteiger partial charge in [0, 0.05) is 29.2 Å². The fourth-order valence-electron chi connectivity index (χ4n) is 3.43. The molecule has 3 aromatic carbocycles. The van der Waals surface area contributed by atoms with Crippen LogP contribution in [0.4, 0.5) is 0 Å². The highest BCUT2D eigenvalue weighted by Gasteiger charge is 2.31. The second-order valence-corrected chi connectivity index (χ2v) is 6.38. The fourth-order valence-corrected chi connectivity index (χ4v) is 3.43. The van der Waals surface area contributed by atoms with E-state index < -0.39 is 5.97 Å². The molecule has 1 heterocycles. The summed E-state index contributed by atoms with van der Waals surface area (Å²) in [6, 6.07) is 14.9. The van der Waals surface area contributed by atoms with Crippen molar-refractivity contribution >= 4 is 5.97 Å². The van der Waals surface area contributed by atoms with Crippen molar-refractivity contribution in [3.63, 3.8) is 0 Å². The molecule has 5 nitrogen and oxygen atoms in total. The highest BCUT2D eigenvalue weighted by atomic mass is 16.5. The van der Waals surface area contributed by atoms with E-state index in [0.29, 0.717) is 17.1 Å². The van der Waals surface area contributed by atoms with Crippen LogP contribution in [0.5, 0.6) is 23.0 Å². The maximum Gasteiger partial charge on any atom is 0.336 e. The number of benzene rings is 3. The van der Waals surface area contributed by atoms with Crippen LogP contribution in [0.1, 0.15) is 38.5 Å². The van der Waals surface area contributed by atoms with Gasteiger partial charge in [-0.05, 0) is 30.7 Å². The molecule has 0 atom stereocenters. The summed E-state index contributed by atoms with van der Waals surface area (Å²) in [5.74, 6) is -0.422. The molecule has 0 saturated heterocycles. The van der Waals surface area contributed by atoms with Gasteiger partial charge < -0.3 is 20.1 Å². The number of fused-ring (bicyclic) bond motifs is 2. The smallest absolute Gasteiger partial charge is 0.336 e. The van der Waals surface area contributed by atoms with Crippen molar-refractivity contribution in [2.45, 2.75) is 12.8 Å². The lowest BCUT2D eigenvalue weighted by atomic mass is 9.80. The highest BCUT2D eigenvalue weighted by molar-refractivity contribution is 5.90. The first kappa shape index (κ1) is 16.0. The van der Waals surface area contributed by atoms with Crippen LogP contribution < -0.4 is 4.74 Å². The Hall–Kier alpha value is -3.47. The highest BCUT2D eigenvalue weighted by Crippen LogP contribution is 2.49. The number of aromatic carboxylic acids is 1. The molecular formula is C21H16O5. The Labute approximate surface area is 149 Å². The molecule has 0 bridgehead atoms. The topological polar surface area (TPSA) is 87.0 Å². The van der Waals surface area contributed by atoms with E-state index in [4.69, 9.17) is 4.74 Å². The Morgan fingerprint density at radius 2 is 1.38 bits per heavy atom. The first-order chi connectivity index (χ1) is 12.4. The van der Waals surface area contributed by atoms with Crippen LogP contribution in [-0.4, -0.2) is 21.3 Å².